The van der Waals surface area contributed by atoms with Crippen LogP contribution >= 0.6 is 0 Å². The molecule has 0 aliphatic carbocycles. The second kappa shape index (κ2) is 8.22. The first kappa shape index (κ1) is 18.8. The zero-order valence-corrected chi connectivity index (χ0v) is 16.2. The zero-order valence-electron chi connectivity index (χ0n) is 16.2. The van der Waals surface area contributed by atoms with Crippen molar-refractivity contribution in [1.29, 1.82) is 0 Å². The Morgan fingerprint density at radius 2 is 1.97 bits per heavy atom. The molecule has 29 heavy (non-hydrogen) atoms. The maximum absolute atomic E-state index is 12.8. The lowest BCUT2D eigenvalue weighted by Crippen LogP contribution is -2.35. The van der Waals surface area contributed by atoms with Crippen molar-refractivity contribution in [2.24, 2.45) is 0 Å². The van der Waals surface area contributed by atoms with Gasteiger partial charge in [0.1, 0.15) is 5.75 Å². The Hall–Kier alpha value is -3.54. The molecule has 4 rings (SSSR count). The van der Waals surface area contributed by atoms with Gasteiger partial charge in [-0.3, -0.25) is 9.59 Å². The van der Waals surface area contributed by atoms with Crippen LogP contribution in [0.15, 0.2) is 65.3 Å². The molecule has 6 nitrogen and oxygen atoms in total. The summed E-state index contributed by atoms with van der Waals surface area (Å²) in [5, 5.41) is 2.93. The Morgan fingerprint density at radius 1 is 1.14 bits per heavy atom. The number of benzene rings is 2. The van der Waals surface area contributed by atoms with Crippen molar-refractivity contribution < 1.29 is 18.7 Å². The van der Waals surface area contributed by atoms with E-state index in [1.54, 1.807) is 24.1 Å². The van der Waals surface area contributed by atoms with Gasteiger partial charge >= 0.3 is 0 Å². The van der Waals surface area contributed by atoms with Crippen molar-refractivity contribution >= 4 is 23.2 Å². The largest absolute Gasteiger partial charge is 0.497 e. The molecule has 0 saturated carbocycles. The smallest absolute Gasteiger partial charge is 0.293 e. The number of fused-ring (bicyclic) bond motifs is 1. The summed E-state index contributed by atoms with van der Waals surface area (Å²) in [6.07, 6.45) is 3.55. The molecule has 148 valence electrons. The van der Waals surface area contributed by atoms with Crippen LogP contribution in [0.25, 0.3) is 0 Å². The van der Waals surface area contributed by atoms with Crippen molar-refractivity contribution in [2.75, 3.05) is 23.9 Å². The van der Waals surface area contributed by atoms with Crippen LogP contribution < -0.4 is 15.0 Å². The van der Waals surface area contributed by atoms with E-state index in [0.717, 1.165) is 35.4 Å². The lowest BCUT2D eigenvalue weighted by Gasteiger charge is -2.29. The molecule has 1 N–H and O–H groups in total. The molecule has 3 aromatic rings. The molecule has 2 amide bonds. The van der Waals surface area contributed by atoms with Gasteiger partial charge in [0.15, 0.2) is 5.76 Å². The highest BCUT2D eigenvalue weighted by Crippen LogP contribution is 2.31. The lowest BCUT2D eigenvalue weighted by atomic mass is 10.0. The van der Waals surface area contributed by atoms with E-state index in [0.29, 0.717) is 18.0 Å². The number of amides is 2. The summed E-state index contributed by atoms with van der Waals surface area (Å²) in [7, 11) is 1.61. The molecule has 0 radical (unpaired) electrons. The first-order valence-electron chi connectivity index (χ1n) is 9.55. The highest BCUT2D eigenvalue weighted by atomic mass is 16.5. The van der Waals surface area contributed by atoms with E-state index >= 15 is 0 Å². The van der Waals surface area contributed by atoms with Crippen molar-refractivity contribution in [3.8, 4) is 5.75 Å². The standard InChI is InChI=1S/C23H22N2O4/c1-28-19-10-6-16(7-11-19)14-22(26)24-18-9-8-17-4-2-12-25(20(17)15-18)23(27)21-5-3-13-29-21/h3,5-11,13,15H,2,4,12,14H2,1H3,(H,24,26). The number of aryl methyl sites for hydroxylation is 1. The van der Waals surface area contributed by atoms with Gasteiger partial charge in [-0.15, -0.1) is 0 Å². The Balaban J connectivity index is 1.49. The molecule has 1 aliphatic rings. The normalized spacial score (nSPS) is 12.9. The number of nitrogens with one attached hydrogen (secondary N) is 1. The molecule has 2 heterocycles. The maximum atomic E-state index is 12.8. The molecule has 6 heteroatoms. The van der Waals surface area contributed by atoms with Gasteiger partial charge < -0.3 is 19.4 Å². The van der Waals surface area contributed by atoms with Gasteiger partial charge in [0, 0.05) is 17.9 Å². The quantitative estimate of drug-likeness (QED) is 0.713. The van der Waals surface area contributed by atoms with E-state index < -0.39 is 0 Å². The predicted molar refractivity (Wildman–Crippen MR) is 110 cm³/mol. The molecule has 0 fully saturated rings. The Bertz CT molecular complexity index is 1010. The van der Waals surface area contributed by atoms with Gasteiger partial charge in [0.2, 0.25) is 5.91 Å². The first-order valence-corrected chi connectivity index (χ1v) is 9.55. The molecular weight excluding hydrogens is 368 g/mol. The third-order valence-corrected chi connectivity index (χ3v) is 4.99. The second-order valence-electron chi connectivity index (χ2n) is 6.95. The van der Waals surface area contributed by atoms with Crippen LogP contribution in [0, 0.1) is 0 Å². The van der Waals surface area contributed by atoms with Gasteiger partial charge in [-0.05, 0) is 60.4 Å². The fraction of sp³-hybridized carbons (Fsp3) is 0.217. The predicted octanol–water partition coefficient (Wildman–Crippen LogP) is 4.06. The van der Waals surface area contributed by atoms with E-state index in [-0.39, 0.29) is 18.2 Å². The Kier molecular flexibility index (Phi) is 5.33. The van der Waals surface area contributed by atoms with Gasteiger partial charge in [0.05, 0.1) is 19.8 Å². The van der Waals surface area contributed by atoms with Crippen LogP contribution in [0.3, 0.4) is 0 Å². The number of ether oxygens (including phenoxy) is 1. The van der Waals surface area contributed by atoms with Crippen LogP contribution in [0.4, 0.5) is 11.4 Å². The van der Waals surface area contributed by atoms with E-state index in [4.69, 9.17) is 9.15 Å². The summed E-state index contributed by atoms with van der Waals surface area (Å²) >= 11 is 0. The number of carbonyl (C=O) groups excluding carboxylic acids is 2. The topological polar surface area (TPSA) is 71.8 Å². The molecule has 0 bridgehead atoms. The maximum Gasteiger partial charge on any atom is 0.293 e. The Labute approximate surface area is 169 Å². The molecule has 0 atom stereocenters. The van der Waals surface area contributed by atoms with E-state index in [9.17, 15) is 9.59 Å². The number of furan rings is 1. The summed E-state index contributed by atoms with van der Waals surface area (Å²) in [6.45, 7) is 0.621. The SMILES string of the molecule is COc1ccc(CC(=O)Nc2ccc3c(c2)N(C(=O)c2ccco2)CCC3)cc1. The summed E-state index contributed by atoms with van der Waals surface area (Å²) in [4.78, 5) is 27.0. The first-order chi connectivity index (χ1) is 14.1. The fourth-order valence-electron chi connectivity index (χ4n) is 3.53. The van der Waals surface area contributed by atoms with Crippen molar-refractivity contribution in [3.05, 3.63) is 77.7 Å². The number of rotatable bonds is 5. The number of hydrogen-bond acceptors (Lipinski definition) is 4. The van der Waals surface area contributed by atoms with Gasteiger partial charge in [-0.2, -0.15) is 0 Å². The lowest BCUT2D eigenvalue weighted by molar-refractivity contribution is -0.115. The van der Waals surface area contributed by atoms with Crippen LogP contribution in [0.5, 0.6) is 5.75 Å². The van der Waals surface area contributed by atoms with Crippen LogP contribution in [0.2, 0.25) is 0 Å². The average molecular weight is 390 g/mol. The molecule has 0 unspecified atom stereocenters. The molecule has 0 saturated heterocycles. The highest BCUT2D eigenvalue weighted by molar-refractivity contribution is 6.05. The third-order valence-electron chi connectivity index (χ3n) is 4.99. The summed E-state index contributed by atoms with van der Waals surface area (Å²) in [6, 6.07) is 16.5. The third kappa shape index (κ3) is 4.16. The summed E-state index contributed by atoms with van der Waals surface area (Å²) < 4.78 is 10.4. The molecular formula is C23H22N2O4. The van der Waals surface area contributed by atoms with E-state index in [1.807, 2.05) is 42.5 Å². The second-order valence-corrected chi connectivity index (χ2v) is 6.95. The number of hydrogen-bond donors (Lipinski definition) is 1. The molecule has 2 aromatic carbocycles. The summed E-state index contributed by atoms with van der Waals surface area (Å²) in [5.74, 6) is 0.782. The molecule has 0 spiro atoms. The van der Waals surface area contributed by atoms with E-state index in [1.165, 1.54) is 6.26 Å². The number of anilines is 2. The van der Waals surface area contributed by atoms with Crippen molar-refractivity contribution in [1.82, 2.24) is 0 Å². The van der Waals surface area contributed by atoms with Crippen LogP contribution in [-0.2, 0) is 17.6 Å². The minimum atomic E-state index is -0.169. The number of methoxy groups -OCH3 is 1. The minimum absolute atomic E-state index is 0.116. The number of carbonyl (C=O) groups is 2. The van der Waals surface area contributed by atoms with Crippen molar-refractivity contribution in [2.45, 2.75) is 19.3 Å². The number of nitrogens with zero attached hydrogens (tertiary/aromatic N) is 1. The zero-order chi connectivity index (χ0) is 20.2. The molecule has 1 aliphatic heterocycles. The average Bonchev–Trinajstić information content (AvgIpc) is 3.28. The van der Waals surface area contributed by atoms with Crippen molar-refractivity contribution in [3.63, 3.8) is 0 Å². The summed E-state index contributed by atoms with van der Waals surface area (Å²) in [5.41, 5.74) is 3.47. The van der Waals surface area contributed by atoms with Crippen LogP contribution in [0.1, 0.15) is 28.1 Å². The minimum Gasteiger partial charge on any atom is -0.497 e. The van der Waals surface area contributed by atoms with Crippen LogP contribution in [-0.4, -0.2) is 25.5 Å². The molecule has 1 aromatic heterocycles. The van der Waals surface area contributed by atoms with E-state index in [2.05, 4.69) is 5.32 Å². The Morgan fingerprint density at radius 3 is 2.69 bits per heavy atom. The van der Waals surface area contributed by atoms with Gasteiger partial charge in [0.25, 0.3) is 5.91 Å². The fourth-order valence-corrected chi connectivity index (χ4v) is 3.53. The van der Waals surface area contributed by atoms with Gasteiger partial charge in [-0.25, -0.2) is 0 Å². The van der Waals surface area contributed by atoms with Gasteiger partial charge in [-0.1, -0.05) is 18.2 Å². The highest BCUT2D eigenvalue weighted by Gasteiger charge is 2.25. The monoisotopic (exact) mass is 390 g/mol.